The third kappa shape index (κ3) is 6.11. The molecule has 0 radical (unpaired) electrons. The molecule has 108 valence electrons. The monoisotopic (exact) mass is 260 g/mol. The highest BCUT2D eigenvalue weighted by molar-refractivity contribution is 4.82. The van der Waals surface area contributed by atoms with Gasteiger partial charge in [0.2, 0.25) is 0 Å². The highest BCUT2D eigenvalue weighted by Crippen LogP contribution is 2.21. The fourth-order valence-electron chi connectivity index (χ4n) is 2.35. The van der Waals surface area contributed by atoms with Gasteiger partial charge in [0.25, 0.3) is 0 Å². The van der Waals surface area contributed by atoms with E-state index in [0.29, 0.717) is 38.4 Å². The minimum atomic E-state index is 0.639. The van der Waals surface area contributed by atoms with E-state index in [1.807, 2.05) is 0 Å². The third-order valence-corrected chi connectivity index (χ3v) is 3.45. The number of likely N-dealkylation sites (tertiary alicyclic amines) is 1. The number of rotatable bonds is 10. The van der Waals surface area contributed by atoms with Crippen LogP contribution < -0.4 is 5.73 Å². The largest absolute Gasteiger partial charge is 0.382 e. The molecule has 18 heavy (non-hydrogen) atoms. The Kier molecular flexibility index (Phi) is 8.54. The van der Waals surface area contributed by atoms with Crippen LogP contribution >= 0.6 is 0 Å². The van der Waals surface area contributed by atoms with Gasteiger partial charge in [0.15, 0.2) is 0 Å². The van der Waals surface area contributed by atoms with Crippen LogP contribution in [0.4, 0.5) is 0 Å². The summed E-state index contributed by atoms with van der Waals surface area (Å²) in [6.07, 6.45) is 1.22. The van der Waals surface area contributed by atoms with E-state index >= 15 is 0 Å². The number of nitrogens with two attached hydrogens (primary N) is 1. The summed E-state index contributed by atoms with van der Waals surface area (Å²) >= 11 is 0. The molecule has 0 spiro atoms. The molecule has 0 aliphatic carbocycles. The summed E-state index contributed by atoms with van der Waals surface area (Å²) in [5, 5.41) is 0. The zero-order chi connectivity index (χ0) is 13.2. The van der Waals surface area contributed by atoms with Crippen LogP contribution in [0.15, 0.2) is 0 Å². The molecule has 1 aliphatic heterocycles. The zero-order valence-electron chi connectivity index (χ0n) is 11.8. The lowest BCUT2D eigenvalue weighted by atomic mass is 10.1. The highest BCUT2D eigenvalue weighted by Gasteiger charge is 2.27. The van der Waals surface area contributed by atoms with Crippen molar-refractivity contribution in [3.63, 3.8) is 0 Å². The summed E-state index contributed by atoms with van der Waals surface area (Å²) < 4.78 is 15.8. The summed E-state index contributed by atoms with van der Waals surface area (Å²) in [7, 11) is 1.67. The first-order valence-electron chi connectivity index (χ1n) is 6.86. The maximum Gasteiger partial charge on any atom is 0.0701 e. The van der Waals surface area contributed by atoms with Gasteiger partial charge in [0.1, 0.15) is 0 Å². The summed E-state index contributed by atoms with van der Waals surface area (Å²) in [4.78, 5) is 2.46. The van der Waals surface area contributed by atoms with E-state index in [4.69, 9.17) is 19.9 Å². The molecule has 1 rings (SSSR count). The van der Waals surface area contributed by atoms with Crippen molar-refractivity contribution in [2.24, 2.45) is 11.7 Å². The molecule has 1 saturated heterocycles. The van der Waals surface area contributed by atoms with Gasteiger partial charge in [0.05, 0.1) is 33.0 Å². The van der Waals surface area contributed by atoms with Crippen LogP contribution in [0.1, 0.15) is 13.3 Å². The predicted molar refractivity (Wildman–Crippen MR) is 71.7 cm³/mol. The molecule has 1 fully saturated rings. The van der Waals surface area contributed by atoms with Crippen LogP contribution in [-0.2, 0) is 14.2 Å². The van der Waals surface area contributed by atoms with Gasteiger partial charge in [-0.15, -0.1) is 0 Å². The second kappa shape index (κ2) is 9.69. The lowest BCUT2D eigenvalue weighted by molar-refractivity contribution is 0.0190. The molecular formula is C13H28N2O3. The molecule has 5 heteroatoms. The van der Waals surface area contributed by atoms with Gasteiger partial charge in [-0.1, -0.05) is 0 Å². The van der Waals surface area contributed by atoms with Crippen molar-refractivity contribution in [2.75, 3.05) is 59.8 Å². The van der Waals surface area contributed by atoms with E-state index in [-0.39, 0.29) is 0 Å². The molecule has 2 N–H and O–H groups in total. The Balaban J connectivity index is 1.92. The minimum Gasteiger partial charge on any atom is -0.382 e. The Morgan fingerprint density at radius 2 is 1.78 bits per heavy atom. The molecule has 2 atom stereocenters. The molecule has 0 saturated carbocycles. The van der Waals surface area contributed by atoms with Crippen molar-refractivity contribution >= 4 is 0 Å². The molecule has 0 aromatic rings. The van der Waals surface area contributed by atoms with E-state index in [2.05, 4.69) is 11.8 Å². The summed E-state index contributed by atoms with van der Waals surface area (Å²) in [5.74, 6) is 0.664. The second-order valence-corrected chi connectivity index (χ2v) is 4.90. The Morgan fingerprint density at radius 3 is 2.39 bits per heavy atom. The predicted octanol–water partition coefficient (Wildman–Crippen LogP) is 0.335. The molecule has 1 aliphatic rings. The van der Waals surface area contributed by atoms with E-state index in [0.717, 1.165) is 26.2 Å². The zero-order valence-corrected chi connectivity index (χ0v) is 11.8. The van der Waals surface area contributed by atoms with E-state index in [9.17, 15) is 0 Å². The van der Waals surface area contributed by atoms with Gasteiger partial charge >= 0.3 is 0 Å². The topological polar surface area (TPSA) is 57.0 Å². The van der Waals surface area contributed by atoms with Crippen molar-refractivity contribution in [1.29, 1.82) is 0 Å². The Bertz CT molecular complexity index is 205. The van der Waals surface area contributed by atoms with E-state index in [1.165, 1.54) is 6.42 Å². The van der Waals surface area contributed by atoms with Gasteiger partial charge in [-0.2, -0.15) is 0 Å². The molecule has 5 nitrogen and oxygen atoms in total. The van der Waals surface area contributed by atoms with Crippen LogP contribution in [-0.4, -0.2) is 70.7 Å². The lowest BCUT2D eigenvalue weighted by Gasteiger charge is -2.20. The first-order chi connectivity index (χ1) is 8.77. The van der Waals surface area contributed by atoms with Gasteiger partial charge < -0.3 is 19.9 Å². The molecule has 2 unspecified atom stereocenters. The standard InChI is InChI=1S/C13H28N2O3/c1-12-9-13(10-14)11-15(12)3-4-17-7-8-18-6-5-16-2/h12-13H,3-11,14H2,1-2H3. The molecule has 0 aromatic heterocycles. The normalized spacial score (nSPS) is 24.8. The van der Waals surface area contributed by atoms with E-state index < -0.39 is 0 Å². The maximum atomic E-state index is 5.71. The molecule has 0 aromatic carbocycles. The first-order valence-corrected chi connectivity index (χ1v) is 6.86. The lowest BCUT2D eigenvalue weighted by Crippen LogP contribution is -2.31. The van der Waals surface area contributed by atoms with Crippen LogP contribution in [0.2, 0.25) is 0 Å². The van der Waals surface area contributed by atoms with Gasteiger partial charge in [0, 0.05) is 26.2 Å². The Hall–Kier alpha value is -0.200. The molecule has 0 bridgehead atoms. The van der Waals surface area contributed by atoms with Crippen LogP contribution in [0, 0.1) is 5.92 Å². The van der Waals surface area contributed by atoms with Gasteiger partial charge in [-0.05, 0) is 25.8 Å². The fourth-order valence-corrected chi connectivity index (χ4v) is 2.35. The average Bonchev–Trinajstić information content (AvgIpc) is 2.73. The summed E-state index contributed by atoms with van der Waals surface area (Å²) in [5.41, 5.74) is 5.71. The maximum absolute atomic E-state index is 5.71. The number of hydrogen-bond donors (Lipinski definition) is 1. The van der Waals surface area contributed by atoms with Gasteiger partial charge in [-0.3, -0.25) is 4.90 Å². The number of methoxy groups -OCH3 is 1. The highest BCUT2D eigenvalue weighted by atomic mass is 16.5. The van der Waals surface area contributed by atoms with Crippen LogP contribution in [0.25, 0.3) is 0 Å². The van der Waals surface area contributed by atoms with Crippen molar-refractivity contribution in [3.8, 4) is 0 Å². The van der Waals surface area contributed by atoms with Crippen molar-refractivity contribution in [1.82, 2.24) is 4.90 Å². The number of nitrogens with zero attached hydrogens (tertiary/aromatic N) is 1. The Labute approximate surface area is 111 Å². The minimum absolute atomic E-state index is 0.639. The third-order valence-electron chi connectivity index (χ3n) is 3.45. The van der Waals surface area contributed by atoms with Crippen molar-refractivity contribution < 1.29 is 14.2 Å². The average molecular weight is 260 g/mol. The Morgan fingerprint density at radius 1 is 1.11 bits per heavy atom. The second-order valence-electron chi connectivity index (χ2n) is 4.90. The molecule has 1 heterocycles. The number of ether oxygens (including phenoxy) is 3. The van der Waals surface area contributed by atoms with Crippen LogP contribution in [0.5, 0.6) is 0 Å². The van der Waals surface area contributed by atoms with Crippen molar-refractivity contribution in [2.45, 2.75) is 19.4 Å². The fraction of sp³-hybridized carbons (Fsp3) is 1.00. The smallest absolute Gasteiger partial charge is 0.0701 e. The van der Waals surface area contributed by atoms with Crippen molar-refractivity contribution in [3.05, 3.63) is 0 Å². The van der Waals surface area contributed by atoms with Crippen LogP contribution in [0.3, 0.4) is 0 Å². The summed E-state index contributed by atoms with van der Waals surface area (Å²) in [6.45, 7) is 8.54. The molecule has 0 amide bonds. The number of hydrogen-bond acceptors (Lipinski definition) is 5. The molecular weight excluding hydrogens is 232 g/mol. The van der Waals surface area contributed by atoms with Gasteiger partial charge in [-0.25, -0.2) is 0 Å². The summed E-state index contributed by atoms with van der Waals surface area (Å²) in [6, 6.07) is 0.639. The van der Waals surface area contributed by atoms with E-state index in [1.54, 1.807) is 7.11 Å². The first kappa shape index (κ1) is 15.9. The quantitative estimate of drug-likeness (QED) is 0.574. The SMILES string of the molecule is COCCOCCOCCN1CC(CN)CC1C.